The molecule has 3 aliphatic rings. The number of fused-ring (bicyclic) bond motifs is 3. The van der Waals surface area contributed by atoms with Crippen LogP contribution in [-0.2, 0) is 9.05 Å². The van der Waals surface area contributed by atoms with Crippen LogP contribution in [-0.4, -0.2) is 109 Å². The second-order valence-corrected chi connectivity index (χ2v) is 18.4. The van der Waals surface area contributed by atoms with Crippen molar-refractivity contribution in [2.45, 2.75) is 69.1 Å². The molecule has 20 heteroatoms. The first-order valence-electron chi connectivity index (χ1n) is 22.0. The number of allylic oxidation sites excluding steroid dienone is 1. The van der Waals surface area contributed by atoms with Crippen molar-refractivity contribution in [3.63, 3.8) is 0 Å². The molecule has 7 rings (SSSR count). The number of hydrogen-bond acceptors (Lipinski definition) is 12. The van der Waals surface area contributed by atoms with Crippen molar-refractivity contribution >= 4 is 78.6 Å². The van der Waals surface area contributed by atoms with Crippen molar-refractivity contribution in [1.29, 1.82) is 0 Å². The van der Waals surface area contributed by atoms with Gasteiger partial charge in [0.05, 0.1) is 57.7 Å². The third-order valence-electron chi connectivity index (χ3n) is 9.55. The van der Waals surface area contributed by atoms with Crippen LogP contribution in [0.5, 0.6) is 0 Å². The van der Waals surface area contributed by atoms with E-state index in [0.29, 0.717) is 46.0 Å². The summed E-state index contributed by atoms with van der Waals surface area (Å²) in [4.78, 5) is 74.3. The number of likely N-dealkylation sites (N-methyl/N-ethyl adjacent to an activating group) is 1. The number of aliphatic hydroxyl groups excluding tert-OH is 1. The quantitative estimate of drug-likeness (QED) is 0.0315. The average Bonchev–Trinajstić information content (AvgIpc) is 3.95. The van der Waals surface area contributed by atoms with Crippen LogP contribution in [0.1, 0.15) is 96.8 Å². The minimum atomic E-state index is -3.53. The number of amides is 6. The summed E-state index contributed by atoms with van der Waals surface area (Å²) < 4.78 is 21.2. The van der Waals surface area contributed by atoms with Crippen molar-refractivity contribution in [2.75, 3.05) is 20.2 Å². The number of imide groups is 3. The summed E-state index contributed by atoms with van der Waals surface area (Å²) in [5.74, 6) is -1.78. The van der Waals surface area contributed by atoms with Gasteiger partial charge in [-0.3, -0.25) is 29.0 Å². The van der Waals surface area contributed by atoms with Gasteiger partial charge in [0, 0.05) is 45.8 Å². The van der Waals surface area contributed by atoms with Gasteiger partial charge in [0.15, 0.2) is 0 Å². The van der Waals surface area contributed by atoms with Gasteiger partial charge in [0.1, 0.15) is 0 Å². The molecule has 5 atom stereocenters. The molecule has 388 valence electrons. The van der Waals surface area contributed by atoms with Crippen LogP contribution < -0.4 is 67.3 Å². The fourth-order valence-electron chi connectivity index (χ4n) is 5.18. The largest absolute Gasteiger partial charge is 1.00 e. The summed E-state index contributed by atoms with van der Waals surface area (Å²) in [6.07, 6.45) is 8.44. The molecule has 0 saturated carbocycles. The predicted octanol–water partition coefficient (Wildman–Crippen LogP) is 6.51. The number of rotatable bonds is 11. The minimum absolute atomic E-state index is 0. The van der Waals surface area contributed by atoms with E-state index in [2.05, 4.69) is 48.4 Å². The first-order valence-corrected chi connectivity index (χ1v) is 25.1. The van der Waals surface area contributed by atoms with Gasteiger partial charge >= 0.3 is 51.4 Å². The SMILES string of the molecule is C=CC(C)Cl.C=CC(C)N1C(=O)c2ccccc2C1=O.C=C[C@@H](C)N1C(=O)c2ccccc2C1=O.C=C[C@@H](C)NC.C=C[C@@H](C)NCl.NCCO.O=C1[N-]C(=O)c2ccccc21.O=S(=O)(Cl)c1ccccc1.[K+]. The molecule has 0 radical (unpaired) electrons. The Morgan fingerprint density at radius 2 is 0.877 bits per heavy atom. The zero-order valence-electron chi connectivity index (χ0n) is 42.2. The zero-order valence-corrected chi connectivity index (χ0v) is 48.4. The maximum atomic E-state index is 11.9. The molecule has 2 unspecified atom stereocenters. The predicted molar refractivity (Wildman–Crippen MR) is 290 cm³/mol. The molecule has 3 aliphatic heterocycles. The Balaban J connectivity index is 0. The molecule has 0 fully saturated rings. The van der Waals surface area contributed by atoms with E-state index in [0.717, 1.165) is 0 Å². The normalized spacial score (nSPS) is 14.1. The third-order valence-corrected chi connectivity index (χ3v) is 11.4. The summed E-state index contributed by atoms with van der Waals surface area (Å²) in [5, 5.41) is 14.1. The van der Waals surface area contributed by atoms with Gasteiger partial charge < -0.3 is 31.1 Å². The molecule has 4 aromatic rings. The number of aliphatic hydroxyl groups is 1. The number of nitrogens with two attached hydrogens (primary N) is 1. The van der Waals surface area contributed by atoms with Crippen molar-refractivity contribution < 1.29 is 93.7 Å². The molecular formula is C53H64Cl3KN6O9S. The summed E-state index contributed by atoms with van der Waals surface area (Å²) in [7, 11) is 3.41. The Labute approximate surface area is 487 Å². The number of carbonyl (C=O) groups is 6. The van der Waals surface area contributed by atoms with E-state index in [1.807, 2.05) is 33.9 Å². The molecular weight excluding hydrogens is 1040 g/mol. The number of carbonyl (C=O) groups excluding carboxylic acids is 6. The van der Waals surface area contributed by atoms with Crippen LogP contribution in [0.15, 0.2) is 171 Å². The molecule has 73 heavy (non-hydrogen) atoms. The molecule has 0 bridgehead atoms. The third kappa shape index (κ3) is 24.0. The number of hydrogen-bond donors (Lipinski definition) is 4. The summed E-state index contributed by atoms with van der Waals surface area (Å²) in [6, 6.07) is 28.3. The van der Waals surface area contributed by atoms with Gasteiger partial charge in [-0.25, -0.2) is 13.3 Å². The zero-order chi connectivity index (χ0) is 55.1. The molecule has 0 aliphatic carbocycles. The van der Waals surface area contributed by atoms with Crippen LogP contribution in [0, 0.1) is 0 Å². The Kier molecular flexibility index (Phi) is 36.6. The fourth-order valence-corrected chi connectivity index (χ4v) is 6.06. The molecule has 0 aromatic heterocycles. The Morgan fingerprint density at radius 1 is 0.589 bits per heavy atom. The monoisotopic (exact) mass is 1100 g/mol. The molecule has 0 spiro atoms. The second kappa shape index (κ2) is 37.9. The van der Waals surface area contributed by atoms with Crippen LogP contribution in [0.2, 0.25) is 0 Å². The molecule has 4 aromatic carbocycles. The summed E-state index contributed by atoms with van der Waals surface area (Å²) in [6.45, 7) is 27.5. The van der Waals surface area contributed by atoms with E-state index in [1.54, 1.807) is 129 Å². The van der Waals surface area contributed by atoms with Crippen LogP contribution in [0.3, 0.4) is 0 Å². The smallest absolute Gasteiger partial charge is 0.587 e. The number of nitrogens with zero attached hydrogens (tertiary/aromatic N) is 3. The van der Waals surface area contributed by atoms with Gasteiger partial charge in [-0.15, -0.1) is 44.5 Å². The molecule has 3 heterocycles. The first-order chi connectivity index (χ1) is 34.0. The first kappa shape index (κ1) is 70.4. The van der Waals surface area contributed by atoms with E-state index in [-0.39, 0.29) is 110 Å². The Hall–Kier alpha value is -4.70. The Bertz CT molecular complexity index is 2380. The van der Waals surface area contributed by atoms with E-state index < -0.39 is 20.9 Å². The maximum absolute atomic E-state index is 11.9. The molecule has 0 saturated heterocycles. The van der Waals surface area contributed by atoms with Gasteiger partial charge in [0.2, 0.25) is 0 Å². The van der Waals surface area contributed by atoms with Crippen molar-refractivity contribution in [3.8, 4) is 0 Å². The van der Waals surface area contributed by atoms with E-state index in [1.165, 1.54) is 21.9 Å². The van der Waals surface area contributed by atoms with Crippen molar-refractivity contribution in [1.82, 2.24) is 20.0 Å². The Morgan fingerprint density at radius 3 is 1.05 bits per heavy atom. The standard InChI is InChI=1S/2C12H11NO2.C8H5NO2.C6H5ClO2S.C5H11N.C4H8ClN.C4H7Cl.C2H7NO.K/c2*1-3-8(2)13-11(14)9-6-4-5-7-10(9)12(13)15;10-7-5-3-1-2-4-6(5)8(11)9-7;7-10(8,9)6-4-2-1-3-5-6;1-4-5(2)6-3;1-3-4(2)6-5;1-3-4(2)5;3-1-2-4;/h2*3-8H,1H2,2H3;1-4H,(H,9,10,11);1-5H;4-6H,1H2,2-3H3;3-4,6H,1H2,2H3;3-4H,1H2,2H3;4H,1-3H2;/q;;;;;;;;+1/p-1/t8-;;;;5-;4-;;;/m1...11.../s1. The second-order valence-electron chi connectivity index (χ2n) is 14.9. The maximum Gasteiger partial charge on any atom is 1.00 e. The van der Waals surface area contributed by atoms with E-state index in [9.17, 15) is 37.2 Å². The van der Waals surface area contributed by atoms with Gasteiger partial charge in [-0.1, -0.05) is 97.1 Å². The number of halogens is 3. The number of nitrogens with one attached hydrogen (secondary N) is 2. The van der Waals surface area contributed by atoms with Gasteiger partial charge in [-0.05, 0) is 89.8 Å². The van der Waals surface area contributed by atoms with Crippen LogP contribution in [0.25, 0.3) is 5.32 Å². The number of alkyl halides is 1. The summed E-state index contributed by atoms with van der Waals surface area (Å²) in [5.41, 5.74) is 7.54. The summed E-state index contributed by atoms with van der Waals surface area (Å²) >= 11 is 10.5. The minimum Gasteiger partial charge on any atom is -0.587 e. The van der Waals surface area contributed by atoms with E-state index >= 15 is 0 Å². The van der Waals surface area contributed by atoms with Gasteiger partial charge in [-0.2, -0.15) is 0 Å². The molecule has 15 nitrogen and oxygen atoms in total. The molecule has 5 N–H and O–H groups in total. The topological polar surface area (TPSA) is 227 Å². The van der Waals surface area contributed by atoms with Crippen molar-refractivity contribution in [2.24, 2.45) is 5.73 Å². The van der Waals surface area contributed by atoms with E-state index in [4.69, 9.17) is 44.9 Å². The van der Waals surface area contributed by atoms with Gasteiger partial charge in [0.25, 0.3) is 32.7 Å². The number of benzene rings is 4. The van der Waals surface area contributed by atoms with Crippen molar-refractivity contribution in [3.05, 3.63) is 205 Å². The fraction of sp³-hybridized carbons (Fsp3) is 0.245. The van der Waals surface area contributed by atoms with Crippen LogP contribution >= 0.6 is 34.1 Å². The van der Waals surface area contributed by atoms with Crippen LogP contribution in [0.4, 0.5) is 0 Å². The average molecular weight is 1110 g/mol. The molecule has 6 amide bonds.